The molecule has 0 N–H and O–H groups in total. The van der Waals surface area contributed by atoms with Gasteiger partial charge in [0.15, 0.2) is 0 Å². The average molecular weight is 327 g/mol. The number of rotatable bonds is 3. The Labute approximate surface area is 123 Å². The molecule has 0 unspecified atom stereocenters. The first-order chi connectivity index (χ1) is 8.00. The van der Waals surface area contributed by atoms with E-state index in [0.717, 1.165) is 0 Å². The first kappa shape index (κ1) is 16.3. The fraction of sp³-hybridized carbons (Fsp3) is 0.714. The molecule has 1 nitrogen and oxygen atoms in total. The summed E-state index contributed by atoms with van der Waals surface area (Å²) in [6, 6.07) is 0. The molecular weight excluding hydrogens is 301 g/mol. The third kappa shape index (κ3) is 5.06. The molecule has 1 aliphatic carbocycles. The van der Waals surface area contributed by atoms with Gasteiger partial charge < -0.3 is 4.81 Å². The number of hydrogen-bond donors (Lipinski definition) is 0. The third-order valence-corrected chi connectivity index (χ3v) is 4.88. The second-order valence-electron chi connectivity index (χ2n) is 7.47. The van der Waals surface area contributed by atoms with Gasteiger partial charge in [-0.2, -0.15) is 0 Å². The standard InChI is InChI=1S/C14H26BBrNSi/c1-14(2)8-11(10-18(5,6)7)12(9-14)13(16)15-17(3)4/h10H,8-9H2,1-7H3. The molecule has 0 bridgehead atoms. The Balaban J connectivity index is 3.11. The van der Waals surface area contributed by atoms with Crippen molar-refractivity contribution in [3.05, 3.63) is 21.2 Å². The van der Waals surface area contributed by atoms with Crippen molar-refractivity contribution in [2.45, 2.75) is 46.3 Å². The van der Waals surface area contributed by atoms with Gasteiger partial charge in [-0.3, -0.25) is 0 Å². The molecule has 0 atom stereocenters. The van der Waals surface area contributed by atoms with Crippen LogP contribution < -0.4 is 0 Å². The summed E-state index contributed by atoms with van der Waals surface area (Å²) in [5, 5.41) is 0. The van der Waals surface area contributed by atoms with E-state index in [1.54, 1.807) is 5.57 Å². The summed E-state index contributed by atoms with van der Waals surface area (Å²) in [4.78, 5) is 2.11. The van der Waals surface area contributed by atoms with E-state index in [9.17, 15) is 0 Å². The lowest BCUT2D eigenvalue weighted by atomic mass is 9.86. The predicted molar refractivity (Wildman–Crippen MR) is 89.8 cm³/mol. The molecule has 1 fully saturated rings. The van der Waals surface area contributed by atoms with E-state index < -0.39 is 8.07 Å². The molecule has 0 aliphatic heterocycles. The molecule has 4 heteroatoms. The van der Waals surface area contributed by atoms with Crippen LogP contribution in [0.4, 0.5) is 0 Å². The molecule has 1 aliphatic rings. The highest BCUT2D eigenvalue weighted by molar-refractivity contribution is 9.12. The van der Waals surface area contributed by atoms with Gasteiger partial charge in [-0.1, -0.05) is 60.7 Å². The van der Waals surface area contributed by atoms with Crippen molar-refractivity contribution in [3.63, 3.8) is 0 Å². The summed E-state index contributed by atoms with van der Waals surface area (Å²) in [6.07, 6.45) is 2.39. The molecular formula is C14H26BBrNSi. The van der Waals surface area contributed by atoms with Crippen molar-refractivity contribution in [2.75, 3.05) is 14.1 Å². The van der Waals surface area contributed by atoms with Gasteiger partial charge in [0.1, 0.15) is 0 Å². The SMILES string of the molecule is CN(C)[B]C(Br)=C1CC(C)(C)CC1=C[Si](C)(C)C. The van der Waals surface area contributed by atoms with Crippen molar-refractivity contribution in [2.24, 2.45) is 5.41 Å². The number of nitrogens with zero attached hydrogens (tertiary/aromatic N) is 1. The number of allylic oxidation sites excluding steroid dienone is 2. The van der Waals surface area contributed by atoms with Gasteiger partial charge in [-0.15, -0.1) is 0 Å². The third-order valence-electron chi connectivity index (χ3n) is 2.98. The van der Waals surface area contributed by atoms with Gasteiger partial charge in [0, 0.05) is 0 Å². The van der Waals surface area contributed by atoms with Gasteiger partial charge in [0.2, 0.25) is 0 Å². The van der Waals surface area contributed by atoms with Crippen LogP contribution >= 0.6 is 15.9 Å². The maximum Gasteiger partial charge on any atom is 0.256 e. The Bertz CT molecular complexity index is 378. The average Bonchev–Trinajstić information content (AvgIpc) is 2.36. The zero-order valence-electron chi connectivity index (χ0n) is 12.9. The summed E-state index contributed by atoms with van der Waals surface area (Å²) in [7, 11) is 5.16. The Morgan fingerprint density at radius 3 is 2.28 bits per heavy atom. The lowest BCUT2D eigenvalue weighted by Crippen LogP contribution is -2.19. The van der Waals surface area contributed by atoms with E-state index in [1.807, 2.05) is 0 Å². The van der Waals surface area contributed by atoms with Crippen LogP contribution in [-0.2, 0) is 0 Å². The zero-order chi connectivity index (χ0) is 14.1. The first-order valence-corrected chi connectivity index (χ1v) is 11.0. The first-order valence-electron chi connectivity index (χ1n) is 6.62. The minimum atomic E-state index is -1.16. The summed E-state index contributed by atoms with van der Waals surface area (Å²) in [5.74, 6) is 0. The predicted octanol–water partition coefficient (Wildman–Crippen LogP) is 4.40. The molecule has 0 spiro atoms. The van der Waals surface area contributed by atoms with Crippen LogP contribution in [0.3, 0.4) is 0 Å². The Kier molecular flexibility index (Phi) is 5.13. The normalized spacial score (nSPS) is 24.8. The Hall–Kier alpha value is 0.202. The molecule has 1 saturated carbocycles. The summed E-state index contributed by atoms with van der Waals surface area (Å²) in [6.45, 7) is 12.0. The molecule has 0 heterocycles. The topological polar surface area (TPSA) is 3.24 Å². The van der Waals surface area contributed by atoms with E-state index in [-0.39, 0.29) is 0 Å². The summed E-state index contributed by atoms with van der Waals surface area (Å²) < 4.78 is 1.25. The van der Waals surface area contributed by atoms with Crippen molar-refractivity contribution >= 4 is 31.4 Å². The lowest BCUT2D eigenvalue weighted by Gasteiger charge is -2.15. The van der Waals surface area contributed by atoms with Crippen molar-refractivity contribution in [1.82, 2.24) is 4.81 Å². The quantitative estimate of drug-likeness (QED) is 0.695. The molecule has 101 valence electrons. The molecule has 0 amide bonds. The van der Waals surface area contributed by atoms with E-state index in [2.05, 4.69) is 81.4 Å². The summed E-state index contributed by atoms with van der Waals surface area (Å²) in [5.41, 5.74) is 6.06. The summed E-state index contributed by atoms with van der Waals surface area (Å²) >= 11 is 3.76. The van der Waals surface area contributed by atoms with Gasteiger partial charge in [0.25, 0.3) is 7.41 Å². The lowest BCUT2D eigenvalue weighted by molar-refractivity contribution is 0.402. The highest BCUT2D eigenvalue weighted by Gasteiger charge is 2.33. The van der Waals surface area contributed by atoms with Gasteiger partial charge in [0.05, 0.1) is 8.07 Å². The van der Waals surface area contributed by atoms with E-state index in [4.69, 9.17) is 0 Å². The van der Waals surface area contributed by atoms with E-state index in [0.29, 0.717) is 5.41 Å². The molecule has 0 aromatic carbocycles. The van der Waals surface area contributed by atoms with Gasteiger partial charge in [-0.25, -0.2) is 0 Å². The highest BCUT2D eigenvalue weighted by atomic mass is 79.9. The molecule has 0 saturated heterocycles. The van der Waals surface area contributed by atoms with Crippen molar-refractivity contribution in [1.29, 1.82) is 0 Å². The van der Waals surface area contributed by atoms with Crippen LogP contribution in [0.2, 0.25) is 19.6 Å². The molecule has 1 rings (SSSR count). The van der Waals surface area contributed by atoms with Gasteiger partial charge >= 0.3 is 0 Å². The minimum Gasteiger partial charge on any atom is -0.347 e. The number of halogens is 1. The fourth-order valence-corrected chi connectivity index (χ4v) is 4.61. The van der Waals surface area contributed by atoms with Crippen molar-refractivity contribution in [3.8, 4) is 0 Å². The maximum atomic E-state index is 3.76. The van der Waals surface area contributed by atoms with Crippen molar-refractivity contribution < 1.29 is 0 Å². The minimum absolute atomic E-state index is 0.403. The van der Waals surface area contributed by atoms with E-state index in [1.165, 1.54) is 22.8 Å². The monoisotopic (exact) mass is 326 g/mol. The largest absolute Gasteiger partial charge is 0.347 e. The van der Waals surface area contributed by atoms with Crippen LogP contribution in [0, 0.1) is 5.41 Å². The van der Waals surface area contributed by atoms with Crippen LogP contribution in [0.5, 0.6) is 0 Å². The van der Waals surface area contributed by atoms with Gasteiger partial charge in [-0.05, 0) is 42.3 Å². The maximum absolute atomic E-state index is 3.76. The second kappa shape index (κ2) is 5.68. The molecule has 0 aromatic heterocycles. The molecule has 1 radical (unpaired) electrons. The number of hydrogen-bond acceptors (Lipinski definition) is 1. The van der Waals surface area contributed by atoms with E-state index >= 15 is 0 Å². The smallest absolute Gasteiger partial charge is 0.256 e. The Morgan fingerprint density at radius 1 is 1.28 bits per heavy atom. The Morgan fingerprint density at radius 2 is 1.83 bits per heavy atom. The zero-order valence-corrected chi connectivity index (χ0v) is 15.5. The second-order valence-corrected chi connectivity index (χ2v) is 13.3. The van der Waals surface area contributed by atoms with Crippen LogP contribution in [0.15, 0.2) is 21.2 Å². The van der Waals surface area contributed by atoms with Crippen LogP contribution in [0.25, 0.3) is 0 Å². The van der Waals surface area contributed by atoms with Crippen LogP contribution in [-0.4, -0.2) is 34.4 Å². The van der Waals surface area contributed by atoms with Crippen LogP contribution in [0.1, 0.15) is 26.7 Å². The fourth-order valence-electron chi connectivity index (χ4n) is 2.48. The highest BCUT2D eigenvalue weighted by Crippen LogP contribution is 2.46. The molecule has 0 aromatic rings. The molecule has 18 heavy (non-hydrogen) atoms.